The topological polar surface area (TPSA) is 64.0 Å². The molecule has 0 bridgehead atoms. The van der Waals surface area contributed by atoms with Crippen LogP contribution in [0.25, 0.3) is 0 Å². The van der Waals surface area contributed by atoms with E-state index in [2.05, 4.69) is 16.8 Å². The molecule has 1 heterocycles. The number of rotatable bonds is 9. The van der Waals surface area contributed by atoms with Gasteiger partial charge in [-0.3, -0.25) is 4.79 Å². The van der Waals surface area contributed by atoms with E-state index in [1.165, 1.54) is 12.8 Å². The molecular formula is C14H28N2O3. The summed E-state index contributed by atoms with van der Waals surface area (Å²) in [5, 5.41) is 17.6. The molecule has 0 aromatic carbocycles. The van der Waals surface area contributed by atoms with Crippen molar-refractivity contribution in [1.29, 1.82) is 0 Å². The number of piperidine rings is 1. The van der Waals surface area contributed by atoms with Gasteiger partial charge in [0.25, 0.3) is 0 Å². The van der Waals surface area contributed by atoms with Crippen LogP contribution in [0.4, 0.5) is 0 Å². The van der Waals surface area contributed by atoms with Crippen LogP contribution in [0.1, 0.15) is 32.1 Å². The molecule has 0 saturated carbocycles. The van der Waals surface area contributed by atoms with Crippen LogP contribution in [-0.4, -0.2) is 72.4 Å². The summed E-state index contributed by atoms with van der Waals surface area (Å²) >= 11 is 0. The SMILES string of the molecule is CN(CCCCC(=O)O)CC1CCCN(CCO)C1. The first-order valence-electron chi connectivity index (χ1n) is 7.35. The van der Waals surface area contributed by atoms with Crippen molar-refractivity contribution in [3.63, 3.8) is 0 Å². The van der Waals surface area contributed by atoms with Gasteiger partial charge < -0.3 is 20.0 Å². The molecule has 0 amide bonds. The van der Waals surface area contributed by atoms with E-state index in [1.54, 1.807) is 0 Å². The van der Waals surface area contributed by atoms with Gasteiger partial charge in [-0.05, 0) is 51.7 Å². The molecule has 1 atom stereocenters. The second-order valence-corrected chi connectivity index (χ2v) is 5.65. The van der Waals surface area contributed by atoms with Gasteiger partial charge in [-0.2, -0.15) is 0 Å². The van der Waals surface area contributed by atoms with Crippen LogP contribution in [-0.2, 0) is 4.79 Å². The average molecular weight is 272 g/mol. The van der Waals surface area contributed by atoms with Gasteiger partial charge in [0.2, 0.25) is 0 Å². The second-order valence-electron chi connectivity index (χ2n) is 5.65. The minimum absolute atomic E-state index is 0.248. The Balaban J connectivity index is 2.13. The van der Waals surface area contributed by atoms with Gasteiger partial charge in [0.05, 0.1) is 6.61 Å². The predicted molar refractivity (Wildman–Crippen MR) is 75.2 cm³/mol. The van der Waals surface area contributed by atoms with Gasteiger partial charge in [0.1, 0.15) is 0 Å². The number of carboxylic acids is 1. The molecule has 1 unspecified atom stereocenters. The van der Waals surface area contributed by atoms with Crippen molar-refractivity contribution in [3.8, 4) is 0 Å². The summed E-state index contributed by atoms with van der Waals surface area (Å²) in [6, 6.07) is 0. The molecular weight excluding hydrogens is 244 g/mol. The lowest BCUT2D eigenvalue weighted by Crippen LogP contribution is -2.41. The molecule has 0 radical (unpaired) electrons. The highest BCUT2D eigenvalue weighted by atomic mass is 16.4. The first-order chi connectivity index (χ1) is 9.11. The molecule has 1 fully saturated rings. The Kier molecular flexibility index (Phi) is 8.02. The van der Waals surface area contributed by atoms with Crippen molar-refractivity contribution in [2.75, 3.05) is 46.4 Å². The van der Waals surface area contributed by atoms with Crippen LogP contribution < -0.4 is 0 Å². The number of hydrogen-bond donors (Lipinski definition) is 2. The lowest BCUT2D eigenvalue weighted by atomic mass is 9.97. The number of nitrogens with zero attached hydrogens (tertiary/aromatic N) is 2. The first kappa shape index (κ1) is 16.4. The lowest BCUT2D eigenvalue weighted by Gasteiger charge is -2.34. The average Bonchev–Trinajstić information content (AvgIpc) is 2.35. The molecule has 0 aromatic heterocycles. The molecule has 19 heavy (non-hydrogen) atoms. The summed E-state index contributed by atoms with van der Waals surface area (Å²) in [6.07, 6.45) is 4.48. The standard InChI is InChI=1S/C14H28N2O3/c1-15(7-3-2-6-14(18)19)11-13-5-4-8-16(12-13)9-10-17/h13,17H,2-12H2,1H3,(H,18,19). The number of aliphatic carboxylic acids is 1. The van der Waals surface area contributed by atoms with Crippen molar-refractivity contribution in [3.05, 3.63) is 0 Å². The number of aliphatic hydroxyl groups is 1. The fraction of sp³-hybridized carbons (Fsp3) is 0.929. The zero-order valence-electron chi connectivity index (χ0n) is 12.1. The predicted octanol–water partition coefficient (Wildman–Crippen LogP) is 0.877. The largest absolute Gasteiger partial charge is 0.481 e. The third-order valence-electron chi connectivity index (χ3n) is 3.77. The van der Waals surface area contributed by atoms with Crippen molar-refractivity contribution in [1.82, 2.24) is 9.80 Å². The van der Waals surface area contributed by atoms with Crippen LogP contribution >= 0.6 is 0 Å². The second kappa shape index (κ2) is 9.28. The Morgan fingerprint density at radius 2 is 2.21 bits per heavy atom. The monoisotopic (exact) mass is 272 g/mol. The van der Waals surface area contributed by atoms with E-state index in [0.717, 1.165) is 45.6 Å². The maximum atomic E-state index is 10.4. The van der Waals surface area contributed by atoms with Crippen molar-refractivity contribution >= 4 is 5.97 Å². The zero-order valence-corrected chi connectivity index (χ0v) is 12.1. The Bertz CT molecular complexity index is 259. The minimum atomic E-state index is -0.699. The summed E-state index contributed by atoms with van der Waals surface area (Å²) < 4.78 is 0. The smallest absolute Gasteiger partial charge is 0.303 e. The molecule has 1 aliphatic heterocycles. The minimum Gasteiger partial charge on any atom is -0.481 e. The van der Waals surface area contributed by atoms with Crippen molar-refractivity contribution < 1.29 is 15.0 Å². The molecule has 1 saturated heterocycles. The number of hydrogen-bond acceptors (Lipinski definition) is 4. The summed E-state index contributed by atoms with van der Waals surface area (Å²) in [4.78, 5) is 15.1. The fourth-order valence-corrected chi connectivity index (χ4v) is 2.83. The Morgan fingerprint density at radius 1 is 1.42 bits per heavy atom. The number of carboxylic acid groups (broad SMARTS) is 1. The Morgan fingerprint density at radius 3 is 2.89 bits per heavy atom. The highest BCUT2D eigenvalue weighted by Crippen LogP contribution is 2.17. The van der Waals surface area contributed by atoms with Gasteiger partial charge >= 0.3 is 5.97 Å². The zero-order chi connectivity index (χ0) is 14.1. The van der Waals surface area contributed by atoms with Crippen molar-refractivity contribution in [2.24, 2.45) is 5.92 Å². The molecule has 2 N–H and O–H groups in total. The molecule has 5 heteroatoms. The highest BCUT2D eigenvalue weighted by Gasteiger charge is 2.20. The van der Waals surface area contributed by atoms with Gasteiger partial charge in [0, 0.05) is 26.1 Å². The third-order valence-corrected chi connectivity index (χ3v) is 3.77. The maximum Gasteiger partial charge on any atom is 0.303 e. The Labute approximate surface area is 116 Å². The van der Waals surface area contributed by atoms with E-state index in [9.17, 15) is 4.79 Å². The molecule has 5 nitrogen and oxygen atoms in total. The van der Waals surface area contributed by atoms with E-state index in [-0.39, 0.29) is 13.0 Å². The number of carbonyl (C=O) groups is 1. The lowest BCUT2D eigenvalue weighted by molar-refractivity contribution is -0.137. The normalized spacial score (nSPS) is 20.9. The van der Waals surface area contributed by atoms with Gasteiger partial charge in [-0.1, -0.05) is 0 Å². The van der Waals surface area contributed by atoms with E-state index >= 15 is 0 Å². The van der Waals surface area contributed by atoms with Crippen LogP contribution in [0, 0.1) is 5.92 Å². The molecule has 0 aromatic rings. The summed E-state index contributed by atoms with van der Waals surface area (Å²) in [5.41, 5.74) is 0. The summed E-state index contributed by atoms with van der Waals surface area (Å²) in [5.74, 6) is -0.0145. The van der Waals surface area contributed by atoms with Gasteiger partial charge in [0.15, 0.2) is 0 Å². The van der Waals surface area contributed by atoms with Crippen LogP contribution in [0.3, 0.4) is 0 Å². The van der Waals surface area contributed by atoms with Crippen LogP contribution in [0.2, 0.25) is 0 Å². The molecule has 0 aliphatic carbocycles. The van der Waals surface area contributed by atoms with E-state index in [0.29, 0.717) is 5.92 Å². The molecule has 1 rings (SSSR count). The molecule has 1 aliphatic rings. The number of β-amino-alcohol motifs (C(OH)–C–C–N with tert-alkyl or cyclic N) is 1. The van der Waals surface area contributed by atoms with E-state index in [4.69, 9.17) is 10.2 Å². The Hall–Kier alpha value is -0.650. The number of unbranched alkanes of at least 4 members (excludes halogenated alkanes) is 1. The first-order valence-corrected chi connectivity index (χ1v) is 7.35. The van der Waals surface area contributed by atoms with Gasteiger partial charge in [-0.25, -0.2) is 0 Å². The van der Waals surface area contributed by atoms with Gasteiger partial charge in [-0.15, -0.1) is 0 Å². The fourth-order valence-electron chi connectivity index (χ4n) is 2.83. The van der Waals surface area contributed by atoms with Crippen molar-refractivity contribution in [2.45, 2.75) is 32.1 Å². The number of likely N-dealkylation sites (tertiary alicyclic amines) is 1. The summed E-state index contributed by atoms with van der Waals surface area (Å²) in [6.45, 7) is 5.29. The van der Waals surface area contributed by atoms with E-state index < -0.39 is 5.97 Å². The molecule has 0 spiro atoms. The third kappa shape index (κ3) is 7.50. The van der Waals surface area contributed by atoms with E-state index in [1.807, 2.05) is 0 Å². The highest BCUT2D eigenvalue weighted by molar-refractivity contribution is 5.66. The number of aliphatic hydroxyl groups excluding tert-OH is 1. The van der Waals surface area contributed by atoms with Crippen LogP contribution in [0.5, 0.6) is 0 Å². The quantitative estimate of drug-likeness (QED) is 0.610. The summed E-state index contributed by atoms with van der Waals surface area (Å²) in [7, 11) is 2.12. The van der Waals surface area contributed by atoms with Crippen LogP contribution in [0.15, 0.2) is 0 Å². The maximum absolute atomic E-state index is 10.4. The molecule has 112 valence electrons.